The number of halogens is 1. The molecule has 1 saturated carbocycles. The Hall–Kier alpha value is -0.570. The summed E-state index contributed by atoms with van der Waals surface area (Å²) in [4.78, 5) is 2.70. The van der Waals surface area contributed by atoms with Crippen LogP contribution < -0.4 is 5.32 Å². The number of likely N-dealkylation sites (tertiary alicyclic amines) is 1. The highest BCUT2D eigenvalue weighted by molar-refractivity contribution is 6.30. The fourth-order valence-corrected chi connectivity index (χ4v) is 4.10. The second-order valence-corrected chi connectivity index (χ2v) is 7.16. The molecule has 0 radical (unpaired) electrons. The summed E-state index contributed by atoms with van der Waals surface area (Å²) in [6.45, 7) is 2.60. The van der Waals surface area contributed by atoms with Gasteiger partial charge in [-0.15, -0.1) is 0 Å². The second kappa shape index (κ2) is 5.32. The Morgan fingerprint density at radius 3 is 2.45 bits per heavy atom. The van der Waals surface area contributed by atoms with Gasteiger partial charge in [0.25, 0.3) is 0 Å². The van der Waals surface area contributed by atoms with E-state index in [1.54, 1.807) is 0 Å². The number of piperidine rings is 1. The molecule has 1 aromatic rings. The summed E-state index contributed by atoms with van der Waals surface area (Å²) in [5, 5.41) is 4.77. The number of fused-ring (bicyclic) bond motifs is 1. The fraction of sp³-hybridized carbons (Fsp3) is 0.647. The van der Waals surface area contributed by atoms with Gasteiger partial charge < -0.3 is 10.2 Å². The van der Waals surface area contributed by atoms with Gasteiger partial charge in [-0.3, -0.25) is 0 Å². The van der Waals surface area contributed by atoms with Crippen molar-refractivity contribution in [1.29, 1.82) is 0 Å². The van der Waals surface area contributed by atoms with Crippen molar-refractivity contribution in [2.75, 3.05) is 13.1 Å². The maximum atomic E-state index is 6.09. The standard InChI is InChI=1S/C17H23ClN2/c18-14-2-1-12-10-16(11-13(12)9-14)19-15-5-7-20(8-6-15)17-3-4-17/h1-2,9,15-17,19H,3-8,10-11H2. The van der Waals surface area contributed by atoms with Crippen molar-refractivity contribution < 1.29 is 0 Å². The van der Waals surface area contributed by atoms with Gasteiger partial charge in [0.05, 0.1) is 0 Å². The molecule has 1 aromatic carbocycles. The third kappa shape index (κ3) is 2.74. The molecule has 1 saturated heterocycles. The Morgan fingerprint density at radius 1 is 0.950 bits per heavy atom. The molecule has 4 rings (SSSR count). The van der Waals surface area contributed by atoms with E-state index in [-0.39, 0.29) is 0 Å². The normalized spacial score (nSPS) is 27.8. The monoisotopic (exact) mass is 290 g/mol. The van der Waals surface area contributed by atoms with Crippen LogP contribution in [0, 0.1) is 0 Å². The number of hydrogen-bond donors (Lipinski definition) is 1. The first kappa shape index (κ1) is 13.1. The molecule has 0 amide bonds. The van der Waals surface area contributed by atoms with E-state index >= 15 is 0 Å². The van der Waals surface area contributed by atoms with Gasteiger partial charge in [-0.1, -0.05) is 17.7 Å². The van der Waals surface area contributed by atoms with E-state index < -0.39 is 0 Å². The minimum atomic E-state index is 0.626. The Bertz CT molecular complexity index is 490. The minimum Gasteiger partial charge on any atom is -0.310 e. The lowest BCUT2D eigenvalue weighted by Gasteiger charge is -2.34. The topological polar surface area (TPSA) is 15.3 Å². The van der Waals surface area contributed by atoms with Crippen molar-refractivity contribution in [1.82, 2.24) is 10.2 Å². The van der Waals surface area contributed by atoms with Crippen molar-refractivity contribution >= 4 is 11.6 Å². The predicted octanol–water partition coefficient (Wildman–Crippen LogP) is 3.02. The average Bonchev–Trinajstić information content (AvgIpc) is 3.21. The molecule has 1 N–H and O–H groups in total. The van der Waals surface area contributed by atoms with E-state index in [1.165, 1.54) is 56.3 Å². The van der Waals surface area contributed by atoms with E-state index in [0.29, 0.717) is 6.04 Å². The summed E-state index contributed by atoms with van der Waals surface area (Å²) in [6, 6.07) is 8.66. The van der Waals surface area contributed by atoms with E-state index in [0.717, 1.165) is 23.5 Å². The first-order valence-corrected chi connectivity index (χ1v) is 8.43. The molecule has 2 fully saturated rings. The van der Waals surface area contributed by atoms with Gasteiger partial charge in [-0.2, -0.15) is 0 Å². The van der Waals surface area contributed by atoms with Gasteiger partial charge >= 0.3 is 0 Å². The van der Waals surface area contributed by atoms with Crippen molar-refractivity contribution in [2.45, 2.75) is 56.7 Å². The maximum absolute atomic E-state index is 6.09. The Balaban J connectivity index is 1.31. The van der Waals surface area contributed by atoms with Crippen LogP contribution >= 0.6 is 11.6 Å². The summed E-state index contributed by atoms with van der Waals surface area (Å²) >= 11 is 6.09. The fourth-order valence-electron chi connectivity index (χ4n) is 3.91. The van der Waals surface area contributed by atoms with E-state index in [9.17, 15) is 0 Å². The number of benzene rings is 1. The first-order valence-electron chi connectivity index (χ1n) is 8.05. The van der Waals surface area contributed by atoms with Crippen LogP contribution in [0.1, 0.15) is 36.8 Å². The SMILES string of the molecule is Clc1ccc2c(c1)CC(NC1CCN(C3CC3)CC1)C2. The Labute approximate surface area is 126 Å². The molecule has 3 aliphatic rings. The molecule has 108 valence electrons. The molecule has 3 heteroatoms. The highest BCUT2D eigenvalue weighted by Gasteiger charge is 2.32. The summed E-state index contributed by atoms with van der Waals surface area (Å²) in [6.07, 6.45) is 7.86. The van der Waals surface area contributed by atoms with Crippen molar-refractivity contribution in [3.05, 3.63) is 34.3 Å². The molecule has 1 aliphatic heterocycles. The van der Waals surface area contributed by atoms with Crippen LogP contribution in [0.15, 0.2) is 18.2 Å². The van der Waals surface area contributed by atoms with E-state index in [2.05, 4.69) is 22.3 Å². The van der Waals surface area contributed by atoms with Gasteiger partial charge in [-0.25, -0.2) is 0 Å². The van der Waals surface area contributed by atoms with E-state index in [1.807, 2.05) is 6.07 Å². The lowest BCUT2D eigenvalue weighted by Crippen LogP contribution is -2.47. The first-order chi connectivity index (χ1) is 9.78. The third-order valence-corrected chi connectivity index (χ3v) is 5.40. The summed E-state index contributed by atoms with van der Waals surface area (Å²) in [5.74, 6) is 0. The van der Waals surface area contributed by atoms with Crippen molar-refractivity contribution in [3.63, 3.8) is 0 Å². The van der Waals surface area contributed by atoms with Gasteiger partial charge in [0.15, 0.2) is 0 Å². The Kier molecular flexibility index (Phi) is 3.49. The van der Waals surface area contributed by atoms with Gasteiger partial charge in [0.1, 0.15) is 0 Å². The van der Waals surface area contributed by atoms with Gasteiger partial charge in [-0.05, 0) is 74.9 Å². The van der Waals surface area contributed by atoms with Crippen LogP contribution in [0.3, 0.4) is 0 Å². The second-order valence-electron chi connectivity index (χ2n) is 6.73. The quantitative estimate of drug-likeness (QED) is 0.920. The molecule has 0 bridgehead atoms. The molecule has 20 heavy (non-hydrogen) atoms. The van der Waals surface area contributed by atoms with Crippen LogP contribution in [0.5, 0.6) is 0 Å². The average molecular weight is 291 g/mol. The highest BCUT2D eigenvalue weighted by Crippen LogP contribution is 2.30. The predicted molar refractivity (Wildman–Crippen MR) is 83.4 cm³/mol. The lowest BCUT2D eigenvalue weighted by atomic mass is 10.0. The maximum Gasteiger partial charge on any atom is 0.0408 e. The summed E-state index contributed by atoms with van der Waals surface area (Å²) in [7, 11) is 0. The van der Waals surface area contributed by atoms with Crippen LogP contribution in [-0.4, -0.2) is 36.1 Å². The molecule has 2 nitrogen and oxygen atoms in total. The van der Waals surface area contributed by atoms with E-state index in [4.69, 9.17) is 11.6 Å². The molecule has 1 unspecified atom stereocenters. The third-order valence-electron chi connectivity index (χ3n) is 5.17. The molecular formula is C17H23ClN2. The zero-order chi connectivity index (χ0) is 13.5. The Morgan fingerprint density at radius 2 is 1.70 bits per heavy atom. The number of nitrogens with one attached hydrogen (secondary N) is 1. The highest BCUT2D eigenvalue weighted by atomic mass is 35.5. The molecular weight excluding hydrogens is 268 g/mol. The molecule has 0 aromatic heterocycles. The van der Waals surface area contributed by atoms with Gasteiger partial charge in [0.2, 0.25) is 0 Å². The molecule has 1 atom stereocenters. The number of nitrogens with zero attached hydrogens (tertiary/aromatic N) is 1. The summed E-state index contributed by atoms with van der Waals surface area (Å²) < 4.78 is 0. The number of hydrogen-bond acceptors (Lipinski definition) is 2. The molecule has 1 heterocycles. The zero-order valence-electron chi connectivity index (χ0n) is 11.9. The van der Waals surface area contributed by atoms with Crippen LogP contribution in [0.2, 0.25) is 5.02 Å². The molecule has 0 spiro atoms. The lowest BCUT2D eigenvalue weighted by molar-refractivity contribution is 0.183. The molecule has 2 aliphatic carbocycles. The smallest absolute Gasteiger partial charge is 0.0408 e. The van der Waals surface area contributed by atoms with Crippen molar-refractivity contribution in [2.24, 2.45) is 0 Å². The zero-order valence-corrected chi connectivity index (χ0v) is 12.7. The van der Waals surface area contributed by atoms with Crippen LogP contribution in [0.25, 0.3) is 0 Å². The summed E-state index contributed by atoms with van der Waals surface area (Å²) in [5.41, 5.74) is 2.94. The largest absolute Gasteiger partial charge is 0.310 e. The van der Waals surface area contributed by atoms with Crippen LogP contribution in [-0.2, 0) is 12.8 Å². The number of rotatable bonds is 3. The minimum absolute atomic E-state index is 0.626. The van der Waals surface area contributed by atoms with Crippen molar-refractivity contribution in [3.8, 4) is 0 Å². The van der Waals surface area contributed by atoms with Gasteiger partial charge in [0, 0.05) is 23.1 Å². The van der Waals surface area contributed by atoms with Crippen LogP contribution in [0.4, 0.5) is 0 Å².